The Labute approximate surface area is 119 Å². The number of pyridine rings is 1. The van der Waals surface area contributed by atoms with Gasteiger partial charge in [-0.05, 0) is 25.1 Å². The van der Waals surface area contributed by atoms with Crippen LogP contribution in [-0.2, 0) is 0 Å². The standard InChI is InChI=1S/C13H12BrN3O2/c1-2-15-12-7-6-11(17(18)19)13(16-12)9-4-3-5-10(14)8-9/h3-8H,2H2,1H3,(H,15,16). The van der Waals surface area contributed by atoms with Gasteiger partial charge in [-0.15, -0.1) is 0 Å². The Morgan fingerprint density at radius 3 is 2.79 bits per heavy atom. The fourth-order valence-electron chi connectivity index (χ4n) is 1.73. The molecule has 0 aliphatic carbocycles. The number of nitrogens with one attached hydrogen (secondary N) is 1. The average molecular weight is 322 g/mol. The smallest absolute Gasteiger partial charge is 0.295 e. The van der Waals surface area contributed by atoms with Crippen LogP contribution in [0.2, 0.25) is 0 Å². The zero-order valence-corrected chi connectivity index (χ0v) is 11.8. The van der Waals surface area contributed by atoms with Gasteiger partial charge in [0.1, 0.15) is 5.82 Å². The Hall–Kier alpha value is -1.95. The van der Waals surface area contributed by atoms with Crippen molar-refractivity contribution in [3.63, 3.8) is 0 Å². The fraction of sp³-hybridized carbons (Fsp3) is 0.154. The van der Waals surface area contributed by atoms with Gasteiger partial charge in [0.2, 0.25) is 0 Å². The lowest BCUT2D eigenvalue weighted by Crippen LogP contribution is -2.02. The molecule has 0 saturated heterocycles. The third-order valence-corrected chi connectivity index (χ3v) is 3.02. The van der Waals surface area contributed by atoms with Crippen molar-refractivity contribution in [1.82, 2.24) is 4.98 Å². The molecule has 98 valence electrons. The van der Waals surface area contributed by atoms with Gasteiger partial charge in [-0.25, -0.2) is 4.98 Å². The van der Waals surface area contributed by atoms with Gasteiger partial charge in [0.25, 0.3) is 5.69 Å². The zero-order chi connectivity index (χ0) is 13.8. The SMILES string of the molecule is CCNc1ccc([N+](=O)[O-])c(-c2cccc(Br)c2)n1. The van der Waals surface area contributed by atoms with Crippen LogP contribution in [0.5, 0.6) is 0 Å². The minimum Gasteiger partial charge on any atom is -0.370 e. The van der Waals surface area contributed by atoms with Crippen molar-refractivity contribution in [3.05, 3.63) is 51.0 Å². The van der Waals surface area contributed by atoms with Crippen molar-refractivity contribution in [2.24, 2.45) is 0 Å². The first-order valence-corrected chi connectivity index (χ1v) is 6.56. The van der Waals surface area contributed by atoms with Crippen LogP contribution >= 0.6 is 15.9 Å². The van der Waals surface area contributed by atoms with Gasteiger partial charge in [0, 0.05) is 22.6 Å². The molecular formula is C13H12BrN3O2. The predicted molar refractivity (Wildman–Crippen MR) is 78.2 cm³/mol. The quantitative estimate of drug-likeness (QED) is 0.686. The van der Waals surface area contributed by atoms with E-state index in [2.05, 4.69) is 26.2 Å². The fourth-order valence-corrected chi connectivity index (χ4v) is 2.13. The van der Waals surface area contributed by atoms with Gasteiger partial charge < -0.3 is 5.32 Å². The second-order valence-electron chi connectivity index (χ2n) is 3.86. The van der Waals surface area contributed by atoms with E-state index in [1.165, 1.54) is 6.07 Å². The molecule has 1 heterocycles. The number of nitrogens with zero attached hydrogens (tertiary/aromatic N) is 2. The largest absolute Gasteiger partial charge is 0.370 e. The molecule has 2 aromatic rings. The molecule has 6 heteroatoms. The van der Waals surface area contributed by atoms with Crippen molar-refractivity contribution in [2.75, 3.05) is 11.9 Å². The highest BCUT2D eigenvalue weighted by Crippen LogP contribution is 2.30. The van der Waals surface area contributed by atoms with E-state index >= 15 is 0 Å². The molecule has 0 saturated carbocycles. The summed E-state index contributed by atoms with van der Waals surface area (Å²) in [6.45, 7) is 2.66. The van der Waals surface area contributed by atoms with Crippen LogP contribution in [0, 0.1) is 10.1 Å². The highest BCUT2D eigenvalue weighted by molar-refractivity contribution is 9.10. The summed E-state index contributed by atoms with van der Waals surface area (Å²) in [5, 5.41) is 14.1. The molecule has 1 aromatic carbocycles. The normalized spacial score (nSPS) is 10.2. The summed E-state index contributed by atoms with van der Waals surface area (Å²) in [5.41, 5.74) is 1.07. The number of hydrogen-bond acceptors (Lipinski definition) is 4. The van der Waals surface area contributed by atoms with Crippen molar-refractivity contribution in [1.29, 1.82) is 0 Å². The molecule has 0 atom stereocenters. The van der Waals surface area contributed by atoms with Gasteiger partial charge in [0.05, 0.1) is 4.92 Å². The first kappa shape index (κ1) is 13.5. The van der Waals surface area contributed by atoms with Gasteiger partial charge in [-0.3, -0.25) is 10.1 Å². The molecule has 2 rings (SSSR count). The van der Waals surface area contributed by atoms with Crippen LogP contribution < -0.4 is 5.32 Å². The molecule has 0 fully saturated rings. The number of rotatable bonds is 4. The molecule has 19 heavy (non-hydrogen) atoms. The maximum absolute atomic E-state index is 11.1. The van der Waals surface area contributed by atoms with E-state index in [4.69, 9.17) is 0 Å². The third-order valence-electron chi connectivity index (χ3n) is 2.53. The predicted octanol–water partition coefficient (Wildman–Crippen LogP) is 3.85. The van der Waals surface area contributed by atoms with Crippen LogP contribution in [0.15, 0.2) is 40.9 Å². The highest BCUT2D eigenvalue weighted by atomic mass is 79.9. The molecule has 1 N–H and O–H groups in total. The van der Waals surface area contributed by atoms with E-state index in [0.29, 0.717) is 23.6 Å². The van der Waals surface area contributed by atoms with E-state index in [-0.39, 0.29) is 5.69 Å². The Bertz CT molecular complexity index is 617. The maximum atomic E-state index is 11.1. The summed E-state index contributed by atoms with van der Waals surface area (Å²) < 4.78 is 0.856. The van der Waals surface area contributed by atoms with E-state index in [1.54, 1.807) is 12.1 Å². The van der Waals surface area contributed by atoms with E-state index in [9.17, 15) is 10.1 Å². The number of aromatic nitrogens is 1. The first-order chi connectivity index (χ1) is 9.11. The Morgan fingerprint density at radius 2 is 2.16 bits per heavy atom. The Kier molecular flexibility index (Phi) is 4.11. The minimum atomic E-state index is -0.418. The number of anilines is 1. The second-order valence-corrected chi connectivity index (χ2v) is 4.78. The third kappa shape index (κ3) is 3.08. The lowest BCUT2D eigenvalue weighted by atomic mass is 10.1. The summed E-state index contributed by atoms with van der Waals surface area (Å²) in [6, 6.07) is 10.4. The van der Waals surface area contributed by atoms with Gasteiger partial charge in [-0.1, -0.05) is 28.1 Å². The summed E-state index contributed by atoms with van der Waals surface area (Å²) in [6.07, 6.45) is 0. The molecule has 0 amide bonds. The summed E-state index contributed by atoms with van der Waals surface area (Å²) in [4.78, 5) is 15.0. The molecule has 1 aromatic heterocycles. The lowest BCUT2D eigenvalue weighted by Gasteiger charge is -2.07. The number of benzene rings is 1. The van der Waals surface area contributed by atoms with Crippen molar-refractivity contribution < 1.29 is 4.92 Å². The van der Waals surface area contributed by atoms with E-state index < -0.39 is 4.92 Å². The van der Waals surface area contributed by atoms with Crippen molar-refractivity contribution in [3.8, 4) is 11.3 Å². The molecule has 0 radical (unpaired) electrons. The monoisotopic (exact) mass is 321 g/mol. The van der Waals surface area contributed by atoms with Crippen molar-refractivity contribution in [2.45, 2.75) is 6.92 Å². The van der Waals surface area contributed by atoms with Gasteiger partial charge in [0.15, 0.2) is 5.69 Å². The van der Waals surface area contributed by atoms with E-state index in [0.717, 1.165) is 4.47 Å². The summed E-state index contributed by atoms with van der Waals surface area (Å²) >= 11 is 3.36. The number of halogens is 1. The average Bonchev–Trinajstić information content (AvgIpc) is 2.39. The first-order valence-electron chi connectivity index (χ1n) is 5.77. The minimum absolute atomic E-state index is 0.000229. The van der Waals surface area contributed by atoms with Crippen LogP contribution in [0.25, 0.3) is 11.3 Å². The number of nitro groups is 1. The van der Waals surface area contributed by atoms with E-state index in [1.807, 2.05) is 25.1 Å². The van der Waals surface area contributed by atoms with Gasteiger partial charge >= 0.3 is 0 Å². The topological polar surface area (TPSA) is 68.1 Å². The molecule has 0 unspecified atom stereocenters. The maximum Gasteiger partial charge on any atom is 0.295 e. The molecule has 0 bridgehead atoms. The van der Waals surface area contributed by atoms with Crippen LogP contribution in [-0.4, -0.2) is 16.5 Å². The highest BCUT2D eigenvalue weighted by Gasteiger charge is 2.17. The zero-order valence-electron chi connectivity index (χ0n) is 10.3. The lowest BCUT2D eigenvalue weighted by molar-refractivity contribution is -0.384. The molecule has 0 spiro atoms. The van der Waals surface area contributed by atoms with Crippen LogP contribution in [0.4, 0.5) is 11.5 Å². The van der Waals surface area contributed by atoms with Crippen LogP contribution in [0.1, 0.15) is 6.92 Å². The Morgan fingerprint density at radius 1 is 1.37 bits per heavy atom. The second kappa shape index (κ2) is 5.79. The molecule has 0 aliphatic heterocycles. The number of hydrogen-bond donors (Lipinski definition) is 1. The Balaban J connectivity index is 2.57. The summed E-state index contributed by atoms with van der Waals surface area (Å²) in [5.74, 6) is 0.628. The van der Waals surface area contributed by atoms with Crippen LogP contribution in [0.3, 0.4) is 0 Å². The molecule has 5 nitrogen and oxygen atoms in total. The summed E-state index contributed by atoms with van der Waals surface area (Å²) in [7, 11) is 0. The molecular weight excluding hydrogens is 310 g/mol. The van der Waals surface area contributed by atoms with Gasteiger partial charge in [-0.2, -0.15) is 0 Å². The molecule has 0 aliphatic rings. The van der Waals surface area contributed by atoms with Crippen molar-refractivity contribution >= 4 is 27.4 Å².